The van der Waals surface area contributed by atoms with Crippen LogP contribution in [0, 0.1) is 5.82 Å². The Balaban J connectivity index is 1.39. The number of nitrogens with one attached hydrogen (secondary N) is 2. The zero-order valence-electron chi connectivity index (χ0n) is 18.0. The quantitative estimate of drug-likeness (QED) is 0.314. The maximum Gasteiger partial charge on any atom is 0.321 e. The van der Waals surface area contributed by atoms with E-state index >= 15 is 0 Å². The number of para-hydroxylation sites is 2. The molecule has 33 heavy (non-hydrogen) atoms. The first-order valence-corrected chi connectivity index (χ1v) is 10.9. The van der Waals surface area contributed by atoms with E-state index in [0.29, 0.717) is 25.1 Å². The second-order valence-electron chi connectivity index (χ2n) is 8.23. The van der Waals surface area contributed by atoms with E-state index in [-0.39, 0.29) is 5.82 Å². The Morgan fingerprint density at radius 2 is 1.67 bits per heavy atom. The maximum absolute atomic E-state index is 14.2. The van der Waals surface area contributed by atoms with Crippen LogP contribution in [0.25, 0.3) is 21.8 Å². The van der Waals surface area contributed by atoms with Gasteiger partial charge in [0.15, 0.2) is 0 Å². The molecule has 6 heteroatoms. The number of hydrogen-bond donors (Lipinski definition) is 3. The van der Waals surface area contributed by atoms with E-state index in [9.17, 15) is 14.3 Å². The van der Waals surface area contributed by atoms with E-state index in [2.05, 4.69) is 10.3 Å². The largest absolute Gasteiger partial charge is 0.480 e. The molecule has 5 nitrogen and oxygen atoms in total. The lowest BCUT2D eigenvalue weighted by molar-refractivity contribution is -0.139. The highest BCUT2D eigenvalue weighted by Crippen LogP contribution is 2.24. The zero-order valence-corrected chi connectivity index (χ0v) is 18.0. The lowest BCUT2D eigenvalue weighted by Crippen LogP contribution is -2.38. The summed E-state index contributed by atoms with van der Waals surface area (Å²) in [7, 11) is 0. The standard InChI is InChI=1S/C27H24FN3O2/c28-23-10-4-1-7-18(23)16-31-17-20(22-9-3-6-12-26(22)31)15-30-25(27(32)33)13-19-14-29-24-11-5-2-8-21(19)24/h1-12,14,17,25,29-30H,13,15-16H2,(H,32,33)/t25-/m1/s1. The van der Waals surface area contributed by atoms with E-state index in [1.54, 1.807) is 12.1 Å². The zero-order chi connectivity index (χ0) is 22.8. The molecule has 0 aliphatic heterocycles. The molecule has 0 amide bonds. The summed E-state index contributed by atoms with van der Waals surface area (Å²) in [6.45, 7) is 0.801. The summed E-state index contributed by atoms with van der Waals surface area (Å²) in [5, 5.41) is 15.1. The number of rotatable bonds is 8. The van der Waals surface area contributed by atoms with Gasteiger partial charge in [-0.1, -0.05) is 54.6 Å². The third-order valence-electron chi connectivity index (χ3n) is 6.11. The summed E-state index contributed by atoms with van der Waals surface area (Å²) >= 11 is 0. The molecule has 2 aromatic heterocycles. The highest BCUT2D eigenvalue weighted by Gasteiger charge is 2.20. The summed E-state index contributed by atoms with van der Waals surface area (Å²) in [5.41, 5.74) is 4.54. The number of halogens is 1. The van der Waals surface area contributed by atoms with Crippen LogP contribution in [0.5, 0.6) is 0 Å². The van der Waals surface area contributed by atoms with E-state index < -0.39 is 12.0 Å². The van der Waals surface area contributed by atoms with Gasteiger partial charge in [-0.2, -0.15) is 0 Å². The van der Waals surface area contributed by atoms with Gasteiger partial charge in [0.05, 0.1) is 6.54 Å². The van der Waals surface area contributed by atoms with E-state index in [0.717, 1.165) is 32.9 Å². The number of fused-ring (bicyclic) bond motifs is 2. The average Bonchev–Trinajstić information content (AvgIpc) is 3.39. The fourth-order valence-electron chi connectivity index (χ4n) is 4.41. The molecule has 1 atom stereocenters. The highest BCUT2D eigenvalue weighted by atomic mass is 19.1. The number of carboxylic acids is 1. The van der Waals surface area contributed by atoms with Gasteiger partial charge in [-0.3, -0.25) is 10.1 Å². The van der Waals surface area contributed by atoms with E-state index in [1.165, 1.54) is 6.07 Å². The lowest BCUT2D eigenvalue weighted by Gasteiger charge is -2.14. The first-order valence-electron chi connectivity index (χ1n) is 10.9. The molecule has 0 fully saturated rings. The Kier molecular flexibility index (Phi) is 5.67. The number of H-pyrrole nitrogens is 1. The summed E-state index contributed by atoms with van der Waals surface area (Å²) < 4.78 is 16.2. The van der Waals surface area contributed by atoms with Crippen LogP contribution < -0.4 is 5.32 Å². The molecular weight excluding hydrogens is 417 g/mol. The number of nitrogens with zero attached hydrogens (tertiary/aromatic N) is 1. The van der Waals surface area contributed by atoms with Crippen molar-refractivity contribution >= 4 is 27.8 Å². The monoisotopic (exact) mass is 441 g/mol. The molecule has 0 saturated carbocycles. The van der Waals surface area contributed by atoms with Gasteiger partial charge < -0.3 is 14.7 Å². The number of aromatic nitrogens is 2. The SMILES string of the molecule is O=C(O)[C@@H](Cc1c[nH]c2ccccc12)NCc1cn(Cc2ccccc2F)c2ccccc12. The molecule has 5 rings (SSSR count). The summed E-state index contributed by atoms with van der Waals surface area (Å²) in [4.78, 5) is 15.2. The smallest absolute Gasteiger partial charge is 0.321 e. The van der Waals surface area contributed by atoms with Crippen molar-refractivity contribution in [1.82, 2.24) is 14.9 Å². The molecule has 0 aliphatic rings. The molecule has 2 heterocycles. The molecular formula is C27H24FN3O2. The van der Waals surface area contributed by atoms with Crippen LogP contribution in [-0.4, -0.2) is 26.7 Å². The molecule has 0 spiro atoms. The molecule has 166 valence electrons. The predicted octanol–water partition coefficient (Wildman–Crippen LogP) is 5.10. The van der Waals surface area contributed by atoms with Crippen molar-refractivity contribution in [1.29, 1.82) is 0 Å². The Bertz CT molecular complexity index is 1440. The van der Waals surface area contributed by atoms with Gasteiger partial charge in [-0.15, -0.1) is 0 Å². The minimum atomic E-state index is -0.893. The van der Waals surface area contributed by atoms with Gasteiger partial charge in [0.1, 0.15) is 11.9 Å². The molecule has 0 bridgehead atoms. The van der Waals surface area contributed by atoms with Gasteiger partial charge in [0.2, 0.25) is 0 Å². The second kappa shape index (κ2) is 8.92. The predicted molar refractivity (Wildman–Crippen MR) is 128 cm³/mol. The lowest BCUT2D eigenvalue weighted by atomic mass is 10.0. The average molecular weight is 442 g/mol. The first-order chi connectivity index (χ1) is 16.1. The number of carbonyl (C=O) groups is 1. The minimum absolute atomic E-state index is 0.236. The molecule has 5 aromatic rings. The van der Waals surface area contributed by atoms with E-state index in [4.69, 9.17) is 0 Å². The number of aliphatic carboxylic acids is 1. The number of hydrogen-bond acceptors (Lipinski definition) is 2. The molecule has 3 aromatic carbocycles. The van der Waals surface area contributed by atoms with Gasteiger partial charge in [-0.25, -0.2) is 4.39 Å². The molecule has 0 aliphatic carbocycles. The van der Waals surface area contributed by atoms with Crippen molar-refractivity contribution in [3.63, 3.8) is 0 Å². The first kappa shape index (κ1) is 21.0. The van der Waals surface area contributed by atoms with Crippen molar-refractivity contribution in [2.24, 2.45) is 0 Å². The van der Waals surface area contributed by atoms with Crippen LogP contribution in [0.3, 0.4) is 0 Å². The van der Waals surface area contributed by atoms with Crippen LogP contribution in [0.4, 0.5) is 4.39 Å². The Labute approximate surface area is 190 Å². The van der Waals surface area contributed by atoms with Crippen molar-refractivity contribution in [2.75, 3.05) is 0 Å². The van der Waals surface area contributed by atoms with Crippen molar-refractivity contribution in [2.45, 2.75) is 25.6 Å². The Morgan fingerprint density at radius 3 is 2.48 bits per heavy atom. The van der Waals surface area contributed by atoms with Crippen LogP contribution in [0.15, 0.2) is 85.2 Å². The normalized spacial score (nSPS) is 12.4. The van der Waals surface area contributed by atoms with Crippen LogP contribution in [0.1, 0.15) is 16.7 Å². The molecule has 0 unspecified atom stereocenters. The van der Waals surface area contributed by atoms with Crippen molar-refractivity contribution in [3.05, 3.63) is 108 Å². The second-order valence-corrected chi connectivity index (χ2v) is 8.23. The van der Waals surface area contributed by atoms with Crippen molar-refractivity contribution in [3.8, 4) is 0 Å². The molecule has 0 radical (unpaired) electrons. The van der Waals surface area contributed by atoms with Crippen LogP contribution >= 0.6 is 0 Å². The van der Waals surface area contributed by atoms with Crippen LogP contribution in [-0.2, 0) is 24.3 Å². The fourth-order valence-corrected chi connectivity index (χ4v) is 4.41. The molecule has 3 N–H and O–H groups in total. The number of benzene rings is 3. The van der Waals surface area contributed by atoms with Gasteiger partial charge >= 0.3 is 5.97 Å². The van der Waals surface area contributed by atoms with Gasteiger partial charge in [0, 0.05) is 52.7 Å². The number of carboxylic acid groups (broad SMARTS) is 1. The topological polar surface area (TPSA) is 70.0 Å². The van der Waals surface area contributed by atoms with Crippen molar-refractivity contribution < 1.29 is 14.3 Å². The fraction of sp³-hybridized carbons (Fsp3) is 0.148. The van der Waals surface area contributed by atoms with E-state index in [1.807, 2.05) is 71.6 Å². The molecule has 0 saturated heterocycles. The van der Waals surface area contributed by atoms with Gasteiger partial charge in [0.25, 0.3) is 0 Å². The minimum Gasteiger partial charge on any atom is -0.480 e. The highest BCUT2D eigenvalue weighted by molar-refractivity contribution is 5.85. The number of aromatic amines is 1. The summed E-state index contributed by atoms with van der Waals surface area (Å²) in [6, 6.07) is 21.8. The summed E-state index contributed by atoms with van der Waals surface area (Å²) in [6.07, 6.45) is 4.23. The third-order valence-corrected chi connectivity index (χ3v) is 6.11. The van der Waals surface area contributed by atoms with Gasteiger partial charge in [-0.05, 0) is 29.3 Å². The Hall–Kier alpha value is -3.90. The van der Waals surface area contributed by atoms with Crippen LogP contribution in [0.2, 0.25) is 0 Å². The summed E-state index contributed by atoms with van der Waals surface area (Å²) in [5.74, 6) is -1.13. The third kappa shape index (κ3) is 4.25. The maximum atomic E-state index is 14.2. The Morgan fingerprint density at radius 1 is 0.939 bits per heavy atom.